The molecule has 0 spiro atoms. The van der Waals surface area contributed by atoms with E-state index in [0.29, 0.717) is 6.42 Å². The van der Waals surface area contributed by atoms with Crippen molar-refractivity contribution in [2.24, 2.45) is 0 Å². The Hall–Kier alpha value is -2.33. The van der Waals surface area contributed by atoms with Crippen LogP contribution in [0.15, 0.2) is 54.6 Å². The molecule has 0 aliphatic rings. The van der Waals surface area contributed by atoms with Gasteiger partial charge in [-0.3, -0.25) is 0 Å². The Labute approximate surface area is 131 Å². The molecule has 0 bridgehead atoms. The van der Waals surface area contributed by atoms with E-state index in [2.05, 4.69) is 10.6 Å². The molecular formula is C18H22N2O2. The number of benzene rings is 2. The van der Waals surface area contributed by atoms with Gasteiger partial charge in [-0.2, -0.15) is 0 Å². The number of anilines is 1. The molecule has 22 heavy (non-hydrogen) atoms. The highest BCUT2D eigenvalue weighted by atomic mass is 16.3. The van der Waals surface area contributed by atoms with Crippen LogP contribution in [0.5, 0.6) is 0 Å². The van der Waals surface area contributed by atoms with Crippen LogP contribution in [0, 0.1) is 6.92 Å². The van der Waals surface area contributed by atoms with Crippen molar-refractivity contribution in [3.63, 3.8) is 0 Å². The van der Waals surface area contributed by atoms with Gasteiger partial charge in [0.15, 0.2) is 0 Å². The third-order valence-electron chi connectivity index (χ3n) is 3.53. The van der Waals surface area contributed by atoms with Crippen LogP contribution in [-0.4, -0.2) is 17.2 Å². The van der Waals surface area contributed by atoms with E-state index in [1.54, 1.807) is 0 Å². The van der Waals surface area contributed by atoms with Crippen LogP contribution in [-0.2, 0) is 0 Å². The van der Waals surface area contributed by atoms with Crippen molar-refractivity contribution >= 4 is 11.7 Å². The van der Waals surface area contributed by atoms with E-state index in [9.17, 15) is 9.90 Å². The lowest BCUT2D eigenvalue weighted by Crippen LogP contribution is -2.37. The quantitative estimate of drug-likeness (QED) is 0.789. The van der Waals surface area contributed by atoms with Crippen molar-refractivity contribution in [2.45, 2.75) is 32.4 Å². The van der Waals surface area contributed by atoms with Gasteiger partial charge in [-0.25, -0.2) is 4.79 Å². The minimum absolute atomic E-state index is 0.140. The van der Waals surface area contributed by atoms with Gasteiger partial charge in [0.2, 0.25) is 0 Å². The van der Waals surface area contributed by atoms with Gasteiger partial charge < -0.3 is 15.7 Å². The summed E-state index contributed by atoms with van der Waals surface area (Å²) in [7, 11) is 0. The summed E-state index contributed by atoms with van der Waals surface area (Å²) < 4.78 is 0. The number of carbonyl (C=O) groups excluding carboxylic acids is 1. The van der Waals surface area contributed by atoms with Crippen molar-refractivity contribution < 1.29 is 9.90 Å². The summed E-state index contributed by atoms with van der Waals surface area (Å²) in [6.45, 7) is 3.82. The van der Waals surface area contributed by atoms with E-state index in [1.165, 1.54) is 0 Å². The Bertz CT molecular complexity index is 613. The maximum atomic E-state index is 12.0. The molecule has 2 amide bonds. The molecule has 0 saturated carbocycles. The predicted octanol–water partition coefficient (Wildman–Crippen LogP) is 3.63. The maximum absolute atomic E-state index is 12.0. The molecule has 2 aromatic rings. The number of rotatable bonds is 5. The molecule has 2 atom stereocenters. The normalized spacial score (nSPS) is 13.2. The van der Waals surface area contributed by atoms with E-state index in [4.69, 9.17) is 0 Å². The molecule has 3 N–H and O–H groups in total. The number of urea groups is 1. The monoisotopic (exact) mass is 298 g/mol. The van der Waals surface area contributed by atoms with Crippen molar-refractivity contribution in [2.75, 3.05) is 5.32 Å². The van der Waals surface area contributed by atoms with Crippen LogP contribution >= 0.6 is 0 Å². The van der Waals surface area contributed by atoms with E-state index in [1.807, 2.05) is 68.4 Å². The highest BCUT2D eigenvalue weighted by molar-refractivity contribution is 5.90. The van der Waals surface area contributed by atoms with Gasteiger partial charge in [-0.15, -0.1) is 0 Å². The summed E-state index contributed by atoms with van der Waals surface area (Å²) in [5.74, 6) is 0. The molecule has 4 nitrogen and oxygen atoms in total. The SMILES string of the molecule is Cc1ccccc1NC(=O)NC(C)CC(O)c1ccccc1. The summed E-state index contributed by atoms with van der Waals surface area (Å²) >= 11 is 0. The molecule has 0 saturated heterocycles. The number of hydrogen-bond donors (Lipinski definition) is 3. The molecule has 2 rings (SSSR count). The summed E-state index contributed by atoms with van der Waals surface area (Å²) in [4.78, 5) is 12.0. The summed E-state index contributed by atoms with van der Waals surface area (Å²) in [5, 5.41) is 15.8. The van der Waals surface area contributed by atoms with Gasteiger partial charge in [-0.05, 0) is 37.5 Å². The van der Waals surface area contributed by atoms with Crippen LogP contribution in [0.2, 0.25) is 0 Å². The fourth-order valence-electron chi connectivity index (χ4n) is 2.30. The third-order valence-corrected chi connectivity index (χ3v) is 3.53. The predicted molar refractivity (Wildman–Crippen MR) is 88.8 cm³/mol. The van der Waals surface area contributed by atoms with Crippen molar-refractivity contribution in [3.05, 3.63) is 65.7 Å². The molecule has 116 valence electrons. The second-order valence-corrected chi connectivity index (χ2v) is 5.48. The second-order valence-electron chi connectivity index (χ2n) is 5.48. The highest BCUT2D eigenvalue weighted by Crippen LogP contribution is 2.18. The lowest BCUT2D eigenvalue weighted by Gasteiger charge is -2.19. The van der Waals surface area contributed by atoms with Gasteiger partial charge in [0.25, 0.3) is 0 Å². The van der Waals surface area contributed by atoms with E-state index in [-0.39, 0.29) is 12.1 Å². The van der Waals surface area contributed by atoms with E-state index < -0.39 is 6.10 Å². The molecule has 0 radical (unpaired) electrons. The Morgan fingerprint density at radius 3 is 2.41 bits per heavy atom. The van der Waals surface area contributed by atoms with Gasteiger partial charge in [0, 0.05) is 11.7 Å². The van der Waals surface area contributed by atoms with E-state index in [0.717, 1.165) is 16.8 Å². The minimum Gasteiger partial charge on any atom is -0.388 e. The zero-order valence-electron chi connectivity index (χ0n) is 12.9. The standard InChI is InChI=1S/C18H22N2O2/c1-13-8-6-7-11-16(13)20-18(22)19-14(2)12-17(21)15-9-4-3-5-10-15/h3-11,14,17,21H,12H2,1-2H3,(H2,19,20,22). The van der Waals surface area contributed by atoms with Gasteiger partial charge in [-0.1, -0.05) is 48.5 Å². The van der Waals surface area contributed by atoms with Crippen molar-refractivity contribution in [1.82, 2.24) is 5.32 Å². The number of amides is 2. The van der Waals surface area contributed by atoms with Crippen LogP contribution in [0.3, 0.4) is 0 Å². The van der Waals surface area contributed by atoms with Crippen LogP contribution in [0.1, 0.15) is 30.6 Å². The number of nitrogens with one attached hydrogen (secondary N) is 2. The molecule has 0 aliphatic heterocycles. The first-order valence-electron chi connectivity index (χ1n) is 7.42. The van der Waals surface area contributed by atoms with Crippen molar-refractivity contribution in [1.29, 1.82) is 0 Å². The smallest absolute Gasteiger partial charge is 0.319 e. The Morgan fingerprint density at radius 2 is 1.73 bits per heavy atom. The molecule has 4 heteroatoms. The Kier molecular flexibility index (Phi) is 5.55. The summed E-state index contributed by atoms with van der Waals surface area (Å²) in [6, 6.07) is 16.7. The number of carbonyl (C=O) groups is 1. The van der Waals surface area contributed by atoms with Gasteiger partial charge in [0.05, 0.1) is 6.10 Å². The molecule has 2 unspecified atom stereocenters. The Morgan fingerprint density at radius 1 is 1.09 bits per heavy atom. The molecule has 0 fully saturated rings. The Balaban J connectivity index is 1.85. The van der Waals surface area contributed by atoms with Crippen LogP contribution in [0.25, 0.3) is 0 Å². The first-order valence-corrected chi connectivity index (χ1v) is 7.42. The lowest BCUT2D eigenvalue weighted by molar-refractivity contribution is 0.155. The molecule has 0 heterocycles. The van der Waals surface area contributed by atoms with E-state index >= 15 is 0 Å². The van der Waals surface area contributed by atoms with Crippen LogP contribution < -0.4 is 10.6 Å². The lowest BCUT2D eigenvalue weighted by atomic mass is 10.0. The summed E-state index contributed by atoms with van der Waals surface area (Å²) in [5.41, 5.74) is 2.65. The van der Waals surface area contributed by atoms with Crippen LogP contribution in [0.4, 0.5) is 10.5 Å². The molecule has 2 aromatic carbocycles. The third kappa shape index (κ3) is 4.60. The first-order chi connectivity index (χ1) is 10.6. The minimum atomic E-state index is -0.588. The number of para-hydroxylation sites is 1. The zero-order valence-corrected chi connectivity index (χ0v) is 12.9. The van der Waals surface area contributed by atoms with Gasteiger partial charge >= 0.3 is 6.03 Å². The zero-order chi connectivity index (χ0) is 15.9. The number of hydrogen-bond acceptors (Lipinski definition) is 2. The average Bonchev–Trinajstić information content (AvgIpc) is 2.50. The topological polar surface area (TPSA) is 61.4 Å². The second kappa shape index (κ2) is 7.61. The first kappa shape index (κ1) is 16.0. The maximum Gasteiger partial charge on any atom is 0.319 e. The fraction of sp³-hybridized carbons (Fsp3) is 0.278. The number of aliphatic hydroxyl groups is 1. The van der Waals surface area contributed by atoms with Crippen molar-refractivity contribution in [3.8, 4) is 0 Å². The number of aryl methyl sites for hydroxylation is 1. The van der Waals surface area contributed by atoms with Gasteiger partial charge in [0.1, 0.15) is 0 Å². The fourth-order valence-corrected chi connectivity index (χ4v) is 2.30. The number of aliphatic hydroxyl groups excluding tert-OH is 1. The average molecular weight is 298 g/mol. The molecule has 0 aromatic heterocycles. The highest BCUT2D eigenvalue weighted by Gasteiger charge is 2.14. The molecular weight excluding hydrogens is 276 g/mol. The molecule has 0 aliphatic carbocycles. The summed E-state index contributed by atoms with van der Waals surface area (Å²) in [6.07, 6.45) is -0.125. The largest absolute Gasteiger partial charge is 0.388 e.